The number of aliphatic imine (C=N–C) groups is 1. The molecule has 2 unspecified atom stereocenters. The number of ether oxygens (including phenoxy) is 1. The molecule has 0 aromatic heterocycles. The first-order chi connectivity index (χ1) is 13.9. The minimum atomic E-state index is -4.46. The van der Waals surface area contributed by atoms with Crippen molar-refractivity contribution >= 4 is 17.4 Å². The number of benzene rings is 1. The minimum absolute atomic E-state index is 0.0545. The van der Waals surface area contributed by atoms with E-state index in [1.54, 1.807) is 12.0 Å². The Bertz CT molecular complexity index is 839. The van der Waals surface area contributed by atoms with Crippen molar-refractivity contribution < 1.29 is 17.9 Å². The van der Waals surface area contributed by atoms with E-state index in [1.807, 2.05) is 24.3 Å². The van der Waals surface area contributed by atoms with Gasteiger partial charge in [0.05, 0.1) is 29.8 Å². The largest absolute Gasteiger partial charge is 0.497 e. The molecule has 7 heteroatoms. The Balaban J connectivity index is 1.74. The summed E-state index contributed by atoms with van der Waals surface area (Å²) in [6.45, 7) is 0. The zero-order chi connectivity index (χ0) is 20.6. The molecule has 0 saturated heterocycles. The van der Waals surface area contributed by atoms with Crippen LogP contribution in [0.5, 0.6) is 5.75 Å². The van der Waals surface area contributed by atoms with E-state index < -0.39 is 11.7 Å². The van der Waals surface area contributed by atoms with Crippen LogP contribution in [-0.2, 0) is 0 Å². The van der Waals surface area contributed by atoms with Crippen molar-refractivity contribution in [2.75, 3.05) is 7.11 Å². The Labute approximate surface area is 173 Å². The molecule has 156 valence electrons. The summed E-state index contributed by atoms with van der Waals surface area (Å²) in [5.41, 5.74) is 0.180. The van der Waals surface area contributed by atoms with Crippen LogP contribution in [-0.4, -0.2) is 30.1 Å². The van der Waals surface area contributed by atoms with E-state index in [9.17, 15) is 13.2 Å². The van der Waals surface area contributed by atoms with Gasteiger partial charge in [0.25, 0.3) is 0 Å². The predicted octanol–water partition coefficient (Wildman–Crippen LogP) is 6.37. The maximum absolute atomic E-state index is 13.4. The van der Waals surface area contributed by atoms with Crippen LogP contribution < -0.4 is 4.74 Å². The van der Waals surface area contributed by atoms with Crippen LogP contribution in [0.15, 0.2) is 52.1 Å². The molecule has 0 N–H and O–H groups in total. The predicted molar refractivity (Wildman–Crippen MR) is 108 cm³/mol. The van der Waals surface area contributed by atoms with Crippen LogP contribution in [0.25, 0.3) is 0 Å². The Hall–Kier alpha value is -1.95. The van der Waals surface area contributed by atoms with E-state index in [4.69, 9.17) is 21.3 Å². The monoisotopic (exact) mass is 424 g/mol. The topological polar surface area (TPSA) is 24.8 Å². The lowest BCUT2D eigenvalue weighted by Crippen LogP contribution is -2.42. The maximum Gasteiger partial charge on any atom is 0.417 e. The first kappa shape index (κ1) is 20.3. The molecule has 1 saturated carbocycles. The summed E-state index contributed by atoms with van der Waals surface area (Å²) in [5.74, 6) is 1.62. The molecule has 0 radical (unpaired) electrons. The van der Waals surface area contributed by atoms with E-state index in [0.717, 1.165) is 30.7 Å². The van der Waals surface area contributed by atoms with E-state index in [-0.39, 0.29) is 17.1 Å². The summed E-state index contributed by atoms with van der Waals surface area (Å²) in [4.78, 5) is 6.44. The molecule has 0 amide bonds. The zero-order valence-corrected chi connectivity index (χ0v) is 17.0. The normalized spacial score (nSPS) is 25.7. The van der Waals surface area contributed by atoms with Gasteiger partial charge in [0.15, 0.2) is 0 Å². The van der Waals surface area contributed by atoms with Gasteiger partial charge in [-0.1, -0.05) is 43.0 Å². The summed E-state index contributed by atoms with van der Waals surface area (Å²) in [7, 11) is 1.59. The fraction of sp³-hybridized carbons (Fsp3) is 0.500. The van der Waals surface area contributed by atoms with Crippen LogP contribution in [0.2, 0.25) is 0 Å². The van der Waals surface area contributed by atoms with E-state index in [2.05, 4.69) is 0 Å². The standard InChI is InChI=1S/C22H24ClF3N2O/c1-29-17-9-7-15(8-10-17)20-12-19(14-5-3-2-4-6-14)27-21-18(23)11-16(13-28(20)21)22(24,25)26/h7-11,13-14,19-20H,2-6,12H2,1H3. The van der Waals surface area contributed by atoms with Gasteiger partial charge in [-0.3, -0.25) is 4.99 Å². The highest BCUT2D eigenvalue weighted by Gasteiger charge is 2.41. The van der Waals surface area contributed by atoms with Gasteiger partial charge in [-0.05, 0) is 49.0 Å². The van der Waals surface area contributed by atoms with Gasteiger partial charge in [-0.15, -0.1) is 0 Å². The maximum atomic E-state index is 13.4. The number of fused-ring (bicyclic) bond motifs is 1. The van der Waals surface area contributed by atoms with Crippen molar-refractivity contribution in [2.24, 2.45) is 10.9 Å². The van der Waals surface area contributed by atoms with Gasteiger partial charge in [-0.25, -0.2) is 0 Å². The Morgan fingerprint density at radius 2 is 1.79 bits per heavy atom. The van der Waals surface area contributed by atoms with E-state index in [1.165, 1.54) is 19.3 Å². The van der Waals surface area contributed by atoms with Crippen LogP contribution in [0.1, 0.15) is 50.1 Å². The molecule has 29 heavy (non-hydrogen) atoms. The van der Waals surface area contributed by atoms with Crippen LogP contribution in [0.4, 0.5) is 13.2 Å². The molecule has 1 fully saturated rings. The number of halogens is 4. The summed E-state index contributed by atoms with van der Waals surface area (Å²) in [5, 5.41) is 0.0545. The smallest absolute Gasteiger partial charge is 0.417 e. The van der Waals surface area contributed by atoms with Crippen LogP contribution in [0.3, 0.4) is 0 Å². The van der Waals surface area contributed by atoms with Crippen molar-refractivity contribution in [1.82, 2.24) is 4.90 Å². The zero-order valence-electron chi connectivity index (χ0n) is 16.3. The second-order valence-corrected chi connectivity index (χ2v) is 8.33. The molecule has 0 spiro atoms. The summed E-state index contributed by atoms with van der Waals surface area (Å²) >= 11 is 6.32. The van der Waals surface area contributed by atoms with Gasteiger partial charge in [0.2, 0.25) is 0 Å². The molecule has 1 aliphatic carbocycles. The number of alkyl halides is 3. The number of hydrogen-bond donors (Lipinski definition) is 0. The molecule has 0 bridgehead atoms. The van der Waals surface area contributed by atoms with Crippen molar-refractivity contribution in [2.45, 2.75) is 56.8 Å². The molecule has 1 aromatic rings. The fourth-order valence-electron chi connectivity index (χ4n) is 4.59. The number of allylic oxidation sites excluding steroid dienone is 2. The molecular formula is C22H24ClF3N2O. The molecule has 2 atom stereocenters. The van der Waals surface area contributed by atoms with Crippen LogP contribution in [0, 0.1) is 5.92 Å². The molecule has 2 heterocycles. The Morgan fingerprint density at radius 1 is 1.10 bits per heavy atom. The number of rotatable bonds is 3. The van der Waals surface area contributed by atoms with Crippen molar-refractivity contribution in [1.29, 1.82) is 0 Å². The molecule has 3 aliphatic rings. The second kappa shape index (κ2) is 8.05. The highest BCUT2D eigenvalue weighted by atomic mass is 35.5. The molecule has 1 aromatic carbocycles. The summed E-state index contributed by atoms with van der Waals surface area (Å²) < 4.78 is 45.5. The fourth-order valence-corrected chi connectivity index (χ4v) is 4.85. The van der Waals surface area contributed by atoms with Crippen molar-refractivity contribution in [3.05, 3.63) is 52.7 Å². The van der Waals surface area contributed by atoms with Gasteiger partial charge in [0, 0.05) is 6.20 Å². The first-order valence-electron chi connectivity index (χ1n) is 10.0. The lowest BCUT2D eigenvalue weighted by Gasteiger charge is -2.42. The molecule has 3 nitrogen and oxygen atoms in total. The lowest BCUT2D eigenvalue weighted by molar-refractivity contribution is -0.0893. The average Bonchev–Trinajstić information content (AvgIpc) is 2.73. The molecule has 4 rings (SSSR count). The third-order valence-electron chi connectivity index (χ3n) is 6.13. The highest BCUT2D eigenvalue weighted by Crippen LogP contribution is 2.43. The van der Waals surface area contributed by atoms with Gasteiger partial charge < -0.3 is 9.64 Å². The number of amidine groups is 1. The highest BCUT2D eigenvalue weighted by molar-refractivity contribution is 6.43. The third-order valence-corrected chi connectivity index (χ3v) is 6.41. The Morgan fingerprint density at radius 3 is 2.41 bits per heavy atom. The van der Waals surface area contributed by atoms with Gasteiger partial charge >= 0.3 is 6.18 Å². The Kier molecular flexibility index (Phi) is 5.65. The lowest BCUT2D eigenvalue weighted by atomic mass is 9.80. The number of nitrogens with zero attached hydrogens (tertiary/aromatic N) is 2. The van der Waals surface area contributed by atoms with Crippen LogP contribution >= 0.6 is 11.6 Å². The van der Waals surface area contributed by atoms with Gasteiger partial charge in [-0.2, -0.15) is 13.2 Å². The van der Waals surface area contributed by atoms with E-state index in [0.29, 0.717) is 23.9 Å². The molecule has 2 aliphatic heterocycles. The SMILES string of the molecule is COc1ccc(C2CC(C3CCCCC3)N=C3C(Cl)=CC(C(F)(F)F)=CN32)cc1. The second-order valence-electron chi connectivity index (χ2n) is 7.92. The third kappa shape index (κ3) is 4.18. The minimum Gasteiger partial charge on any atom is -0.497 e. The number of methoxy groups -OCH3 is 1. The van der Waals surface area contributed by atoms with Crippen molar-refractivity contribution in [3.8, 4) is 5.75 Å². The first-order valence-corrected chi connectivity index (χ1v) is 10.4. The van der Waals surface area contributed by atoms with E-state index >= 15 is 0 Å². The quantitative estimate of drug-likeness (QED) is 0.563. The molecular weight excluding hydrogens is 401 g/mol. The average molecular weight is 425 g/mol. The van der Waals surface area contributed by atoms with Gasteiger partial charge in [0.1, 0.15) is 11.6 Å². The summed E-state index contributed by atoms with van der Waals surface area (Å²) in [6, 6.07) is 7.32. The number of hydrogen-bond acceptors (Lipinski definition) is 3. The van der Waals surface area contributed by atoms with Crippen molar-refractivity contribution in [3.63, 3.8) is 0 Å². The summed E-state index contributed by atoms with van der Waals surface area (Å²) in [6.07, 6.45) is 4.19.